The van der Waals surface area contributed by atoms with Crippen LogP contribution in [0.2, 0.25) is 0 Å². The molecule has 0 spiro atoms. The summed E-state index contributed by atoms with van der Waals surface area (Å²) >= 11 is 0. The molecule has 4 rings (SSSR count). The number of hydrogen-bond acceptors (Lipinski definition) is 5. The molecule has 1 N–H and O–H groups in total. The zero-order valence-corrected chi connectivity index (χ0v) is 12.6. The molecule has 1 unspecified atom stereocenters. The number of hydrogen-bond donors (Lipinski definition) is 1. The molecule has 0 radical (unpaired) electrons. The second-order valence-corrected chi connectivity index (χ2v) is 5.93. The van der Waals surface area contributed by atoms with Crippen LogP contribution in [0.3, 0.4) is 0 Å². The molecule has 5 nitrogen and oxygen atoms in total. The molecule has 0 amide bonds. The third kappa shape index (κ3) is 2.68. The number of aryl methyl sites for hydroxylation is 1. The van der Waals surface area contributed by atoms with Gasteiger partial charge < -0.3 is 10.1 Å². The van der Waals surface area contributed by atoms with Crippen molar-refractivity contribution in [2.45, 2.75) is 38.2 Å². The third-order valence-corrected chi connectivity index (χ3v) is 4.39. The van der Waals surface area contributed by atoms with Gasteiger partial charge in [-0.3, -0.25) is 4.98 Å². The molecular weight excluding hydrogens is 276 g/mol. The Labute approximate surface area is 130 Å². The van der Waals surface area contributed by atoms with Crippen LogP contribution in [-0.2, 0) is 17.6 Å². The van der Waals surface area contributed by atoms with E-state index >= 15 is 0 Å². The van der Waals surface area contributed by atoms with Crippen LogP contribution >= 0.6 is 0 Å². The van der Waals surface area contributed by atoms with Gasteiger partial charge in [0.2, 0.25) is 0 Å². The van der Waals surface area contributed by atoms with E-state index < -0.39 is 0 Å². The molecule has 1 fully saturated rings. The van der Waals surface area contributed by atoms with E-state index in [0.29, 0.717) is 6.10 Å². The fraction of sp³-hybridized carbons (Fsp3) is 0.471. The number of nitrogens with zero attached hydrogens (tertiary/aromatic N) is 3. The normalized spacial score (nSPS) is 20.1. The van der Waals surface area contributed by atoms with Crippen molar-refractivity contribution in [2.24, 2.45) is 0 Å². The molecule has 22 heavy (non-hydrogen) atoms. The first-order chi connectivity index (χ1) is 10.9. The standard InChI is InChI=1S/C17H20N4O/c1-4-14-15(5-1)20-16(12-6-8-18-9-7-12)21-17(14)19-11-13-3-2-10-22-13/h6-9,13H,1-5,10-11H2,(H,19,20,21). The van der Waals surface area contributed by atoms with Gasteiger partial charge in [-0.15, -0.1) is 0 Å². The summed E-state index contributed by atoms with van der Waals surface area (Å²) in [5.41, 5.74) is 3.50. The summed E-state index contributed by atoms with van der Waals surface area (Å²) in [7, 11) is 0. The Morgan fingerprint density at radius 3 is 2.86 bits per heavy atom. The first-order valence-corrected chi connectivity index (χ1v) is 8.06. The van der Waals surface area contributed by atoms with Crippen molar-refractivity contribution in [3.8, 4) is 11.4 Å². The van der Waals surface area contributed by atoms with Crippen molar-refractivity contribution in [2.75, 3.05) is 18.5 Å². The second-order valence-electron chi connectivity index (χ2n) is 5.93. The van der Waals surface area contributed by atoms with Crippen molar-refractivity contribution < 1.29 is 4.74 Å². The molecule has 114 valence electrons. The van der Waals surface area contributed by atoms with Gasteiger partial charge in [0.25, 0.3) is 0 Å². The number of anilines is 1. The number of rotatable bonds is 4. The number of fused-ring (bicyclic) bond motifs is 1. The monoisotopic (exact) mass is 296 g/mol. The van der Waals surface area contributed by atoms with Crippen LogP contribution in [0.15, 0.2) is 24.5 Å². The van der Waals surface area contributed by atoms with Gasteiger partial charge in [0.1, 0.15) is 5.82 Å². The maximum absolute atomic E-state index is 5.69. The average molecular weight is 296 g/mol. The van der Waals surface area contributed by atoms with Crippen molar-refractivity contribution in [1.29, 1.82) is 0 Å². The Hall–Kier alpha value is -2.01. The third-order valence-electron chi connectivity index (χ3n) is 4.39. The summed E-state index contributed by atoms with van der Waals surface area (Å²) in [5, 5.41) is 3.51. The summed E-state index contributed by atoms with van der Waals surface area (Å²) in [6, 6.07) is 3.92. The van der Waals surface area contributed by atoms with E-state index in [1.807, 2.05) is 12.1 Å². The van der Waals surface area contributed by atoms with E-state index in [2.05, 4.69) is 10.3 Å². The van der Waals surface area contributed by atoms with Crippen LogP contribution in [0, 0.1) is 0 Å². The summed E-state index contributed by atoms with van der Waals surface area (Å²) in [4.78, 5) is 13.6. The molecule has 0 bridgehead atoms. The highest BCUT2D eigenvalue weighted by Crippen LogP contribution is 2.29. The number of aromatic nitrogens is 3. The summed E-state index contributed by atoms with van der Waals surface area (Å²) in [5.74, 6) is 1.78. The van der Waals surface area contributed by atoms with Crippen molar-refractivity contribution in [3.05, 3.63) is 35.8 Å². The molecule has 0 saturated carbocycles. The molecule has 2 aromatic rings. The lowest BCUT2D eigenvalue weighted by molar-refractivity contribution is 0.120. The first kappa shape index (κ1) is 13.6. The molecule has 1 aliphatic carbocycles. The highest BCUT2D eigenvalue weighted by Gasteiger charge is 2.21. The lowest BCUT2D eigenvalue weighted by Crippen LogP contribution is -2.20. The predicted molar refractivity (Wildman–Crippen MR) is 84.8 cm³/mol. The summed E-state index contributed by atoms with van der Waals surface area (Å²) in [6.07, 6.45) is 9.46. The van der Waals surface area contributed by atoms with Crippen LogP contribution in [-0.4, -0.2) is 34.2 Å². The number of pyridine rings is 1. The van der Waals surface area contributed by atoms with Gasteiger partial charge in [0.15, 0.2) is 5.82 Å². The number of nitrogens with one attached hydrogen (secondary N) is 1. The van der Waals surface area contributed by atoms with Gasteiger partial charge >= 0.3 is 0 Å². The van der Waals surface area contributed by atoms with Gasteiger partial charge in [-0.25, -0.2) is 9.97 Å². The highest BCUT2D eigenvalue weighted by molar-refractivity contribution is 5.60. The van der Waals surface area contributed by atoms with Gasteiger partial charge in [-0.05, 0) is 44.2 Å². The maximum Gasteiger partial charge on any atom is 0.161 e. The minimum atomic E-state index is 0.316. The van der Waals surface area contributed by atoms with E-state index in [-0.39, 0.29) is 0 Å². The van der Waals surface area contributed by atoms with Crippen LogP contribution in [0.4, 0.5) is 5.82 Å². The molecule has 0 aromatic carbocycles. The molecule has 2 aliphatic rings. The topological polar surface area (TPSA) is 59.9 Å². The largest absolute Gasteiger partial charge is 0.376 e. The van der Waals surface area contributed by atoms with Gasteiger partial charge in [-0.2, -0.15) is 0 Å². The van der Waals surface area contributed by atoms with E-state index in [4.69, 9.17) is 14.7 Å². The zero-order chi connectivity index (χ0) is 14.8. The first-order valence-electron chi connectivity index (χ1n) is 8.06. The Balaban J connectivity index is 1.63. The van der Waals surface area contributed by atoms with Crippen LogP contribution < -0.4 is 5.32 Å². The maximum atomic E-state index is 5.69. The smallest absolute Gasteiger partial charge is 0.161 e. The fourth-order valence-corrected chi connectivity index (χ4v) is 3.22. The molecule has 5 heteroatoms. The van der Waals surface area contributed by atoms with Crippen molar-refractivity contribution in [3.63, 3.8) is 0 Å². The van der Waals surface area contributed by atoms with Gasteiger partial charge in [-0.1, -0.05) is 0 Å². The Bertz CT molecular complexity index is 653. The lowest BCUT2D eigenvalue weighted by atomic mass is 10.2. The second kappa shape index (κ2) is 6.01. The Morgan fingerprint density at radius 2 is 2.05 bits per heavy atom. The minimum Gasteiger partial charge on any atom is -0.376 e. The fourth-order valence-electron chi connectivity index (χ4n) is 3.22. The van der Waals surface area contributed by atoms with Crippen LogP contribution in [0.1, 0.15) is 30.5 Å². The quantitative estimate of drug-likeness (QED) is 0.940. The van der Waals surface area contributed by atoms with Crippen LogP contribution in [0.25, 0.3) is 11.4 Å². The molecule has 3 heterocycles. The van der Waals surface area contributed by atoms with Gasteiger partial charge in [0, 0.05) is 42.4 Å². The average Bonchev–Trinajstić information content (AvgIpc) is 3.24. The van der Waals surface area contributed by atoms with E-state index in [1.54, 1.807) is 12.4 Å². The lowest BCUT2D eigenvalue weighted by Gasteiger charge is -2.15. The van der Waals surface area contributed by atoms with Gasteiger partial charge in [0.05, 0.1) is 6.10 Å². The van der Waals surface area contributed by atoms with Crippen molar-refractivity contribution in [1.82, 2.24) is 15.0 Å². The predicted octanol–water partition coefficient (Wildman–Crippen LogP) is 2.62. The summed E-state index contributed by atoms with van der Waals surface area (Å²) < 4.78 is 5.69. The van der Waals surface area contributed by atoms with Crippen LogP contribution in [0.5, 0.6) is 0 Å². The molecule has 1 aliphatic heterocycles. The Kier molecular flexibility index (Phi) is 3.72. The number of ether oxygens (including phenoxy) is 1. The minimum absolute atomic E-state index is 0.316. The zero-order valence-electron chi connectivity index (χ0n) is 12.6. The van der Waals surface area contributed by atoms with E-state index in [9.17, 15) is 0 Å². The molecule has 1 atom stereocenters. The van der Waals surface area contributed by atoms with E-state index in [1.165, 1.54) is 17.7 Å². The molecular formula is C17H20N4O. The van der Waals surface area contributed by atoms with E-state index in [0.717, 1.165) is 56.0 Å². The molecule has 2 aromatic heterocycles. The Morgan fingerprint density at radius 1 is 1.14 bits per heavy atom. The molecule has 1 saturated heterocycles. The SMILES string of the molecule is c1cc(-c2nc3c(c(NCC4CCCO4)n2)CCC3)ccn1. The highest BCUT2D eigenvalue weighted by atomic mass is 16.5. The summed E-state index contributed by atoms with van der Waals surface area (Å²) in [6.45, 7) is 1.72. The van der Waals surface area contributed by atoms with Crippen molar-refractivity contribution >= 4 is 5.82 Å².